The number of piperazine rings is 1. The summed E-state index contributed by atoms with van der Waals surface area (Å²) in [5.74, 6) is 3.30. The van der Waals surface area contributed by atoms with E-state index < -0.39 is 0 Å². The minimum Gasteiger partial charge on any atom is -0.300 e. The molecule has 0 amide bonds. The van der Waals surface area contributed by atoms with Crippen LogP contribution >= 0.6 is 23.4 Å². The second-order valence-corrected chi connectivity index (χ2v) is 5.34. The normalized spacial score (nSPS) is 20.1. The van der Waals surface area contributed by atoms with Crippen LogP contribution in [0, 0.1) is 0 Å². The van der Waals surface area contributed by atoms with Gasteiger partial charge in [-0.25, -0.2) is 0 Å². The van der Waals surface area contributed by atoms with Crippen molar-refractivity contribution in [3.05, 3.63) is 0 Å². The minimum atomic E-state index is 0.770. The van der Waals surface area contributed by atoms with E-state index in [-0.39, 0.29) is 0 Å². The zero-order valence-electron chi connectivity index (χ0n) is 9.04. The lowest BCUT2D eigenvalue weighted by molar-refractivity contribution is 0.144. The van der Waals surface area contributed by atoms with Crippen LogP contribution in [0.25, 0.3) is 0 Å². The SMILES string of the molecule is CCSCCN1CCN(CCCl)CC1. The van der Waals surface area contributed by atoms with Gasteiger partial charge in [-0.3, -0.25) is 9.80 Å². The van der Waals surface area contributed by atoms with Crippen LogP contribution in [-0.2, 0) is 0 Å². The van der Waals surface area contributed by atoms with Gasteiger partial charge in [0, 0.05) is 50.9 Å². The monoisotopic (exact) mass is 236 g/mol. The minimum absolute atomic E-state index is 0.770. The summed E-state index contributed by atoms with van der Waals surface area (Å²) in [6.45, 7) is 9.38. The Bertz CT molecular complexity index is 138. The molecule has 1 fully saturated rings. The van der Waals surface area contributed by atoms with Gasteiger partial charge in [0.2, 0.25) is 0 Å². The first-order valence-electron chi connectivity index (χ1n) is 5.45. The van der Waals surface area contributed by atoms with Gasteiger partial charge >= 0.3 is 0 Å². The molecule has 0 saturated carbocycles. The van der Waals surface area contributed by atoms with Crippen molar-refractivity contribution in [2.75, 3.05) is 56.7 Å². The molecule has 0 aromatic heterocycles. The first-order chi connectivity index (χ1) is 6.86. The lowest BCUT2D eigenvalue weighted by Gasteiger charge is -2.34. The Kier molecular flexibility index (Phi) is 7.04. The van der Waals surface area contributed by atoms with E-state index in [2.05, 4.69) is 16.7 Å². The third kappa shape index (κ3) is 4.87. The summed E-state index contributed by atoms with van der Waals surface area (Å²) in [6, 6.07) is 0. The molecule has 1 heterocycles. The Morgan fingerprint density at radius 3 is 2.14 bits per heavy atom. The van der Waals surface area contributed by atoms with Crippen LogP contribution in [0.3, 0.4) is 0 Å². The zero-order valence-corrected chi connectivity index (χ0v) is 10.6. The summed E-state index contributed by atoms with van der Waals surface area (Å²) in [5, 5.41) is 0. The number of thioether (sulfide) groups is 1. The average Bonchev–Trinajstić information content (AvgIpc) is 2.21. The first-order valence-corrected chi connectivity index (χ1v) is 7.14. The number of halogens is 1. The molecule has 0 aromatic rings. The maximum Gasteiger partial charge on any atom is 0.0351 e. The molecule has 0 aliphatic carbocycles. The third-order valence-corrected chi connectivity index (χ3v) is 3.67. The number of nitrogens with zero attached hydrogens (tertiary/aromatic N) is 2. The van der Waals surface area contributed by atoms with E-state index in [0.29, 0.717) is 0 Å². The quantitative estimate of drug-likeness (QED) is 0.511. The van der Waals surface area contributed by atoms with Crippen molar-refractivity contribution in [2.45, 2.75) is 6.92 Å². The molecular formula is C10H21ClN2S. The Morgan fingerprint density at radius 1 is 1.07 bits per heavy atom. The molecule has 84 valence electrons. The van der Waals surface area contributed by atoms with Gasteiger partial charge < -0.3 is 0 Å². The maximum absolute atomic E-state index is 5.72. The van der Waals surface area contributed by atoms with Crippen LogP contribution in [0.15, 0.2) is 0 Å². The van der Waals surface area contributed by atoms with E-state index in [1.165, 1.54) is 44.2 Å². The Hall–Kier alpha value is 0.560. The van der Waals surface area contributed by atoms with Crippen molar-refractivity contribution in [1.82, 2.24) is 9.80 Å². The van der Waals surface area contributed by atoms with E-state index in [0.717, 1.165) is 12.4 Å². The molecule has 1 aliphatic rings. The van der Waals surface area contributed by atoms with Crippen molar-refractivity contribution in [3.8, 4) is 0 Å². The summed E-state index contributed by atoms with van der Waals surface area (Å²) in [7, 11) is 0. The maximum atomic E-state index is 5.72. The predicted molar refractivity (Wildman–Crippen MR) is 66.6 cm³/mol. The van der Waals surface area contributed by atoms with Gasteiger partial charge in [-0.1, -0.05) is 6.92 Å². The van der Waals surface area contributed by atoms with Crippen LogP contribution in [-0.4, -0.2) is 66.5 Å². The van der Waals surface area contributed by atoms with Crippen LogP contribution in [0.1, 0.15) is 6.92 Å². The Balaban J connectivity index is 2.03. The van der Waals surface area contributed by atoms with Gasteiger partial charge in [0.1, 0.15) is 0 Å². The average molecular weight is 237 g/mol. The van der Waals surface area contributed by atoms with Crippen molar-refractivity contribution < 1.29 is 0 Å². The van der Waals surface area contributed by atoms with E-state index >= 15 is 0 Å². The highest BCUT2D eigenvalue weighted by molar-refractivity contribution is 7.99. The highest BCUT2D eigenvalue weighted by Gasteiger charge is 2.15. The summed E-state index contributed by atoms with van der Waals surface area (Å²) < 4.78 is 0. The fraction of sp³-hybridized carbons (Fsp3) is 1.00. The molecule has 0 N–H and O–H groups in total. The van der Waals surface area contributed by atoms with Gasteiger partial charge in [0.25, 0.3) is 0 Å². The topological polar surface area (TPSA) is 6.48 Å². The summed E-state index contributed by atoms with van der Waals surface area (Å²) >= 11 is 7.75. The zero-order chi connectivity index (χ0) is 10.2. The number of hydrogen-bond donors (Lipinski definition) is 0. The van der Waals surface area contributed by atoms with Crippen LogP contribution in [0.4, 0.5) is 0 Å². The highest BCUT2D eigenvalue weighted by atomic mass is 35.5. The largest absolute Gasteiger partial charge is 0.300 e. The van der Waals surface area contributed by atoms with Gasteiger partial charge in [0.15, 0.2) is 0 Å². The summed E-state index contributed by atoms with van der Waals surface area (Å²) in [4.78, 5) is 5.02. The molecular weight excluding hydrogens is 216 g/mol. The molecule has 4 heteroatoms. The fourth-order valence-corrected chi connectivity index (χ4v) is 2.61. The van der Waals surface area contributed by atoms with Crippen molar-refractivity contribution in [3.63, 3.8) is 0 Å². The standard InChI is InChI=1S/C10H21ClN2S/c1-2-14-10-9-13-7-5-12(4-3-11)6-8-13/h2-10H2,1H3. The predicted octanol–water partition coefficient (Wildman–Crippen LogP) is 1.60. The second-order valence-electron chi connectivity index (χ2n) is 3.57. The summed E-state index contributed by atoms with van der Waals surface area (Å²) in [5.41, 5.74) is 0. The Morgan fingerprint density at radius 2 is 1.64 bits per heavy atom. The van der Waals surface area contributed by atoms with Gasteiger partial charge in [-0.2, -0.15) is 11.8 Å². The van der Waals surface area contributed by atoms with E-state index in [9.17, 15) is 0 Å². The van der Waals surface area contributed by atoms with Crippen LogP contribution < -0.4 is 0 Å². The summed E-state index contributed by atoms with van der Waals surface area (Å²) in [6.07, 6.45) is 0. The molecule has 0 spiro atoms. The van der Waals surface area contributed by atoms with Crippen molar-refractivity contribution in [2.24, 2.45) is 0 Å². The number of hydrogen-bond acceptors (Lipinski definition) is 3. The fourth-order valence-electron chi connectivity index (χ4n) is 1.69. The number of alkyl halides is 1. The van der Waals surface area contributed by atoms with E-state index in [1.54, 1.807) is 0 Å². The molecule has 0 atom stereocenters. The van der Waals surface area contributed by atoms with Gasteiger partial charge in [-0.15, -0.1) is 11.6 Å². The van der Waals surface area contributed by atoms with Crippen molar-refractivity contribution >= 4 is 23.4 Å². The second kappa shape index (κ2) is 7.80. The molecule has 2 nitrogen and oxygen atoms in total. The van der Waals surface area contributed by atoms with E-state index in [4.69, 9.17) is 11.6 Å². The molecule has 0 unspecified atom stereocenters. The van der Waals surface area contributed by atoms with Crippen molar-refractivity contribution in [1.29, 1.82) is 0 Å². The van der Waals surface area contributed by atoms with Crippen LogP contribution in [0.2, 0.25) is 0 Å². The molecule has 0 radical (unpaired) electrons. The lowest BCUT2D eigenvalue weighted by Crippen LogP contribution is -2.47. The van der Waals surface area contributed by atoms with Gasteiger partial charge in [-0.05, 0) is 5.75 Å². The van der Waals surface area contributed by atoms with Gasteiger partial charge in [0.05, 0.1) is 0 Å². The smallest absolute Gasteiger partial charge is 0.0351 e. The third-order valence-electron chi connectivity index (χ3n) is 2.62. The Labute approximate surface area is 97.0 Å². The molecule has 14 heavy (non-hydrogen) atoms. The first kappa shape index (κ1) is 12.6. The molecule has 1 aliphatic heterocycles. The molecule has 1 rings (SSSR count). The lowest BCUT2D eigenvalue weighted by atomic mass is 10.3. The number of rotatable bonds is 6. The molecule has 1 saturated heterocycles. The highest BCUT2D eigenvalue weighted by Crippen LogP contribution is 2.04. The molecule has 0 bridgehead atoms. The molecule has 0 aromatic carbocycles. The van der Waals surface area contributed by atoms with Crippen LogP contribution in [0.5, 0.6) is 0 Å². The van der Waals surface area contributed by atoms with E-state index in [1.807, 2.05) is 11.8 Å².